The van der Waals surface area contributed by atoms with E-state index in [1.807, 2.05) is 24.3 Å². The second-order valence-electron chi connectivity index (χ2n) is 7.00. The molecule has 1 saturated carbocycles. The van der Waals surface area contributed by atoms with Gasteiger partial charge in [-0.2, -0.15) is 0 Å². The van der Waals surface area contributed by atoms with Gasteiger partial charge in [-0.1, -0.05) is 30.1 Å². The third-order valence-electron chi connectivity index (χ3n) is 4.94. The molecule has 3 aromatic rings. The molecule has 1 aliphatic rings. The number of nitrogens with zero attached hydrogens (tertiary/aromatic N) is 2. The van der Waals surface area contributed by atoms with Crippen molar-refractivity contribution in [2.75, 3.05) is 11.9 Å². The number of amides is 1. The molecule has 1 aliphatic carbocycles. The molecular weight excluding hydrogens is 378 g/mol. The molecule has 7 nitrogen and oxygen atoms in total. The lowest BCUT2D eigenvalue weighted by molar-refractivity contribution is -0.153. The Bertz CT molecular complexity index is 963. The molecule has 28 heavy (non-hydrogen) atoms. The Labute approximate surface area is 166 Å². The summed E-state index contributed by atoms with van der Waals surface area (Å²) in [4.78, 5) is 29.4. The molecule has 8 heteroatoms. The number of aryl methyl sites for hydroxylation is 1. The SMILES string of the molecule is Cc1cc(NC(=O)COC(=O)[C@H]2CCCC[C@@H]2c2nc3ccccc3s2)no1. The maximum atomic E-state index is 12.7. The molecule has 0 bridgehead atoms. The average molecular weight is 399 g/mol. The van der Waals surface area contributed by atoms with Gasteiger partial charge in [0.1, 0.15) is 5.76 Å². The number of esters is 1. The highest BCUT2D eigenvalue weighted by Crippen LogP contribution is 2.41. The molecule has 0 aliphatic heterocycles. The lowest BCUT2D eigenvalue weighted by Gasteiger charge is -2.28. The van der Waals surface area contributed by atoms with Crippen LogP contribution >= 0.6 is 11.3 Å². The number of nitrogens with one attached hydrogen (secondary N) is 1. The Balaban J connectivity index is 1.40. The number of para-hydroxylation sites is 1. The fraction of sp³-hybridized carbons (Fsp3) is 0.400. The largest absolute Gasteiger partial charge is 0.455 e. The summed E-state index contributed by atoms with van der Waals surface area (Å²) in [6.07, 6.45) is 3.70. The normalized spacial score (nSPS) is 19.5. The monoisotopic (exact) mass is 399 g/mol. The van der Waals surface area contributed by atoms with Gasteiger partial charge in [0.2, 0.25) is 0 Å². The lowest BCUT2D eigenvalue weighted by atomic mass is 9.79. The van der Waals surface area contributed by atoms with Crippen molar-refractivity contribution in [2.45, 2.75) is 38.5 Å². The van der Waals surface area contributed by atoms with Gasteiger partial charge in [0.05, 0.1) is 21.1 Å². The molecule has 4 rings (SSSR count). The van der Waals surface area contributed by atoms with Crippen molar-refractivity contribution in [1.29, 1.82) is 0 Å². The van der Waals surface area contributed by atoms with Crippen LogP contribution < -0.4 is 5.32 Å². The van der Waals surface area contributed by atoms with Gasteiger partial charge in [-0.05, 0) is 31.9 Å². The fourth-order valence-corrected chi connectivity index (χ4v) is 4.77. The van der Waals surface area contributed by atoms with Crippen LogP contribution in [0.25, 0.3) is 10.2 Å². The van der Waals surface area contributed by atoms with Crippen molar-refractivity contribution in [2.24, 2.45) is 5.92 Å². The standard InChI is InChI=1S/C20H21N3O4S/c1-12-10-17(23-27-12)22-18(24)11-26-20(25)14-7-3-2-6-13(14)19-21-15-8-4-5-9-16(15)28-19/h4-5,8-10,13-14H,2-3,6-7,11H2,1H3,(H,22,23,24)/t13-,14-/m0/s1. The van der Waals surface area contributed by atoms with Crippen LogP contribution in [0.2, 0.25) is 0 Å². The molecule has 1 aromatic carbocycles. The minimum absolute atomic E-state index is 0.0416. The summed E-state index contributed by atoms with van der Waals surface area (Å²) in [6.45, 7) is 1.39. The van der Waals surface area contributed by atoms with E-state index >= 15 is 0 Å². The van der Waals surface area contributed by atoms with Crippen LogP contribution in [0, 0.1) is 12.8 Å². The van der Waals surface area contributed by atoms with E-state index in [1.54, 1.807) is 24.3 Å². The lowest BCUT2D eigenvalue weighted by Crippen LogP contribution is -2.30. The molecule has 1 amide bonds. The summed E-state index contributed by atoms with van der Waals surface area (Å²) < 4.78 is 11.3. The Morgan fingerprint density at radius 3 is 2.89 bits per heavy atom. The van der Waals surface area contributed by atoms with Crippen molar-refractivity contribution in [3.05, 3.63) is 41.1 Å². The van der Waals surface area contributed by atoms with Crippen molar-refractivity contribution < 1.29 is 18.8 Å². The average Bonchev–Trinajstić information content (AvgIpc) is 3.32. The third kappa shape index (κ3) is 4.06. The van der Waals surface area contributed by atoms with Crippen molar-refractivity contribution >= 4 is 39.2 Å². The van der Waals surface area contributed by atoms with E-state index in [9.17, 15) is 9.59 Å². The van der Waals surface area contributed by atoms with Crippen LogP contribution in [0.5, 0.6) is 0 Å². The molecule has 2 aromatic heterocycles. The molecule has 0 saturated heterocycles. The summed E-state index contributed by atoms with van der Waals surface area (Å²) >= 11 is 1.64. The van der Waals surface area contributed by atoms with Crippen LogP contribution in [0.15, 0.2) is 34.9 Å². The third-order valence-corrected chi connectivity index (χ3v) is 6.11. The van der Waals surface area contributed by atoms with E-state index < -0.39 is 5.91 Å². The topological polar surface area (TPSA) is 94.3 Å². The molecule has 146 valence electrons. The quantitative estimate of drug-likeness (QED) is 0.651. The maximum Gasteiger partial charge on any atom is 0.310 e. The first-order valence-electron chi connectivity index (χ1n) is 9.35. The number of carbonyl (C=O) groups excluding carboxylic acids is 2. The van der Waals surface area contributed by atoms with E-state index in [0.717, 1.165) is 40.9 Å². The molecule has 2 atom stereocenters. The molecule has 1 N–H and O–H groups in total. The Morgan fingerprint density at radius 1 is 1.29 bits per heavy atom. The Hall–Kier alpha value is -2.74. The van der Waals surface area contributed by atoms with Gasteiger partial charge < -0.3 is 14.6 Å². The highest BCUT2D eigenvalue weighted by Gasteiger charge is 2.35. The summed E-state index contributed by atoms with van der Waals surface area (Å²) in [5.41, 5.74) is 0.961. The van der Waals surface area contributed by atoms with Crippen molar-refractivity contribution in [3.8, 4) is 0 Å². The smallest absolute Gasteiger partial charge is 0.310 e. The number of ether oxygens (including phenoxy) is 1. The number of thiazole rings is 1. The first-order valence-corrected chi connectivity index (χ1v) is 10.2. The molecule has 1 fully saturated rings. The number of benzene rings is 1. The molecule has 0 spiro atoms. The van der Waals surface area contributed by atoms with Crippen LogP contribution in [0.4, 0.5) is 5.82 Å². The minimum atomic E-state index is -0.436. The van der Waals surface area contributed by atoms with Gasteiger partial charge in [-0.25, -0.2) is 4.98 Å². The van der Waals surface area contributed by atoms with Crippen LogP contribution in [0.1, 0.15) is 42.4 Å². The van der Waals surface area contributed by atoms with Crippen LogP contribution in [-0.4, -0.2) is 28.6 Å². The number of rotatable bonds is 5. The van der Waals surface area contributed by atoms with E-state index in [4.69, 9.17) is 14.2 Å². The summed E-state index contributed by atoms with van der Waals surface area (Å²) in [5, 5.41) is 7.22. The predicted octanol–water partition coefficient (Wildman–Crippen LogP) is 4.05. The number of hydrogen-bond donors (Lipinski definition) is 1. The number of hydrogen-bond acceptors (Lipinski definition) is 7. The highest BCUT2D eigenvalue weighted by atomic mass is 32.1. The second-order valence-corrected chi connectivity index (χ2v) is 8.06. The molecule has 0 unspecified atom stereocenters. The second kappa shape index (κ2) is 8.10. The summed E-state index contributed by atoms with van der Waals surface area (Å²) in [7, 11) is 0. The zero-order chi connectivity index (χ0) is 19.5. The van der Waals surface area contributed by atoms with Crippen molar-refractivity contribution in [3.63, 3.8) is 0 Å². The first-order chi connectivity index (χ1) is 13.6. The summed E-state index contributed by atoms with van der Waals surface area (Å²) in [6, 6.07) is 9.59. The fourth-order valence-electron chi connectivity index (χ4n) is 3.61. The molecular formula is C20H21N3O4S. The van der Waals surface area contributed by atoms with Crippen LogP contribution in [-0.2, 0) is 14.3 Å². The van der Waals surface area contributed by atoms with Gasteiger partial charge in [0.25, 0.3) is 5.91 Å². The zero-order valence-electron chi connectivity index (χ0n) is 15.5. The minimum Gasteiger partial charge on any atom is -0.455 e. The Kier molecular flexibility index (Phi) is 5.38. The predicted molar refractivity (Wildman–Crippen MR) is 105 cm³/mol. The maximum absolute atomic E-state index is 12.7. The first kappa shape index (κ1) is 18.6. The molecule has 0 radical (unpaired) electrons. The molecule has 2 heterocycles. The van der Waals surface area contributed by atoms with E-state index in [2.05, 4.69) is 10.5 Å². The van der Waals surface area contributed by atoms with Crippen LogP contribution in [0.3, 0.4) is 0 Å². The van der Waals surface area contributed by atoms with Gasteiger partial charge in [-0.15, -0.1) is 11.3 Å². The van der Waals surface area contributed by atoms with Crippen molar-refractivity contribution in [1.82, 2.24) is 10.1 Å². The summed E-state index contributed by atoms with van der Waals surface area (Å²) in [5.74, 6) is -0.0995. The zero-order valence-corrected chi connectivity index (χ0v) is 16.3. The number of aromatic nitrogens is 2. The van der Waals surface area contributed by atoms with E-state index in [1.165, 1.54) is 0 Å². The highest BCUT2D eigenvalue weighted by molar-refractivity contribution is 7.18. The Morgan fingerprint density at radius 2 is 2.11 bits per heavy atom. The van der Waals surface area contributed by atoms with Gasteiger partial charge >= 0.3 is 5.97 Å². The number of fused-ring (bicyclic) bond motifs is 1. The van der Waals surface area contributed by atoms with Gasteiger partial charge in [0.15, 0.2) is 12.4 Å². The van der Waals surface area contributed by atoms with Gasteiger partial charge in [-0.3, -0.25) is 9.59 Å². The van der Waals surface area contributed by atoms with Gasteiger partial charge in [0, 0.05) is 12.0 Å². The number of carbonyl (C=O) groups is 2. The van der Waals surface area contributed by atoms with E-state index in [0.29, 0.717) is 11.6 Å². The van der Waals surface area contributed by atoms with E-state index in [-0.39, 0.29) is 24.4 Å². The number of anilines is 1.